The summed E-state index contributed by atoms with van der Waals surface area (Å²) in [7, 11) is 0. The number of rotatable bonds is 8. The van der Waals surface area contributed by atoms with Crippen molar-refractivity contribution < 1.29 is 9.52 Å². The molecule has 3 nitrogen and oxygen atoms in total. The number of hydrogen-bond donors (Lipinski definition) is 1. The van der Waals surface area contributed by atoms with Crippen molar-refractivity contribution in [3.8, 4) is 0 Å². The predicted octanol–water partition coefficient (Wildman–Crippen LogP) is 3.07. The third-order valence-electron chi connectivity index (χ3n) is 2.34. The largest absolute Gasteiger partial charge is 0.443 e. The van der Waals surface area contributed by atoms with Crippen LogP contribution in [0.15, 0.2) is 54.5 Å². The van der Waals surface area contributed by atoms with Gasteiger partial charge in [-0.15, -0.1) is 19.7 Å². The van der Waals surface area contributed by atoms with Gasteiger partial charge in [0, 0.05) is 19.2 Å². The van der Waals surface area contributed by atoms with Gasteiger partial charge in [-0.3, -0.25) is 0 Å². The molecule has 1 unspecified atom stereocenters. The molecule has 3 heteroatoms. The lowest BCUT2D eigenvalue weighted by Crippen LogP contribution is -2.22. The van der Waals surface area contributed by atoms with E-state index in [1.807, 2.05) is 11.0 Å². The molecule has 1 heterocycles. The van der Waals surface area contributed by atoms with E-state index in [0.717, 1.165) is 0 Å². The van der Waals surface area contributed by atoms with E-state index in [9.17, 15) is 5.11 Å². The summed E-state index contributed by atoms with van der Waals surface area (Å²) in [5, 5.41) is 9.75. The molecule has 0 bridgehead atoms. The monoisotopic (exact) mass is 233 g/mol. The number of aliphatic hydroxyl groups excluding tert-OH is 1. The molecule has 92 valence electrons. The van der Waals surface area contributed by atoms with Gasteiger partial charge in [0.2, 0.25) is 0 Å². The van der Waals surface area contributed by atoms with Gasteiger partial charge in [0.25, 0.3) is 0 Å². The minimum atomic E-state index is -0.629. The molecule has 0 aliphatic rings. The molecule has 1 N–H and O–H groups in total. The highest BCUT2D eigenvalue weighted by molar-refractivity contribution is 5.38. The van der Waals surface area contributed by atoms with Crippen LogP contribution in [0.3, 0.4) is 0 Å². The quantitative estimate of drug-likeness (QED) is 0.701. The topological polar surface area (TPSA) is 36.6 Å². The predicted molar refractivity (Wildman–Crippen MR) is 71.1 cm³/mol. The van der Waals surface area contributed by atoms with Crippen molar-refractivity contribution in [3.05, 3.63) is 55.9 Å². The van der Waals surface area contributed by atoms with Gasteiger partial charge in [0.1, 0.15) is 11.9 Å². The van der Waals surface area contributed by atoms with Crippen LogP contribution in [0.25, 0.3) is 0 Å². The summed E-state index contributed by atoms with van der Waals surface area (Å²) in [6.07, 6.45) is 5.11. The van der Waals surface area contributed by atoms with Crippen LogP contribution in [-0.2, 0) is 0 Å². The molecule has 0 fully saturated rings. The molecule has 0 radical (unpaired) electrons. The van der Waals surface area contributed by atoms with Gasteiger partial charge in [-0.25, -0.2) is 0 Å². The number of hydrogen-bond acceptors (Lipinski definition) is 3. The SMILES string of the molecule is C=CCC(O)c1ccc(N(CC=C)CC=C)o1. The first-order valence-corrected chi connectivity index (χ1v) is 5.58. The molecule has 0 spiro atoms. The van der Waals surface area contributed by atoms with Gasteiger partial charge in [-0.05, 0) is 12.5 Å². The van der Waals surface area contributed by atoms with Crippen molar-refractivity contribution in [1.29, 1.82) is 0 Å². The van der Waals surface area contributed by atoms with Crippen molar-refractivity contribution in [1.82, 2.24) is 0 Å². The standard InChI is InChI=1S/C14H19NO2/c1-4-7-12(16)13-8-9-14(17-13)15(10-5-2)11-6-3/h4-6,8-9,12,16H,1-3,7,10-11H2. The fourth-order valence-corrected chi connectivity index (χ4v) is 1.53. The van der Waals surface area contributed by atoms with E-state index in [1.165, 1.54) is 0 Å². The molecule has 0 aromatic carbocycles. The van der Waals surface area contributed by atoms with Crippen LogP contribution >= 0.6 is 0 Å². The summed E-state index contributed by atoms with van der Waals surface area (Å²) in [6, 6.07) is 3.62. The molecule has 0 saturated heterocycles. The van der Waals surface area contributed by atoms with Crippen LogP contribution < -0.4 is 4.90 Å². The summed E-state index contributed by atoms with van der Waals surface area (Å²) in [6.45, 7) is 12.3. The van der Waals surface area contributed by atoms with Gasteiger partial charge in [-0.1, -0.05) is 18.2 Å². The van der Waals surface area contributed by atoms with Crippen LogP contribution in [0.2, 0.25) is 0 Å². The summed E-state index contributed by atoms with van der Waals surface area (Å²) < 4.78 is 5.60. The molecule has 0 saturated carbocycles. The molecule has 1 aromatic rings. The molecule has 1 atom stereocenters. The van der Waals surface area contributed by atoms with Crippen LogP contribution in [0.1, 0.15) is 18.3 Å². The molecule has 0 amide bonds. The van der Waals surface area contributed by atoms with Crippen LogP contribution in [-0.4, -0.2) is 18.2 Å². The Kier molecular flexibility index (Phi) is 5.30. The third kappa shape index (κ3) is 3.64. The lowest BCUT2D eigenvalue weighted by Gasteiger charge is -2.18. The molecular weight excluding hydrogens is 214 g/mol. The number of nitrogens with zero attached hydrogens (tertiary/aromatic N) is 1. The van der Waals surface area contributed by atoms with E-state index in [1.54, 1.807) is 24.3 Å². The van der Waals surface area contributed by atoms with Crippen molar-refractivity contribution in [2.45, 2.75) is 12.5 Å². The second kappa shape index (κ2) is 6.76. The molecule has 1 rings (SSSR count). The lowest BCUT2D eigenvalue weighted by atomic mass is 10.2. The molecule has 0 aliphatic carbocycles. The summed E-state index contributed by atoms with van der Waals surface area (Å²) in [5.74, 6) is 1.26. The van der Waals surface area contributed by atoms with E-state index in [0.29, 0.717) is 31.2 Å². The summed E-state index contributed by atoms with van der Waals surface area (Å²) in [5.41, 5.74) is 0. The number of anilines is 1. The van der Waals surface area contributed by atoms with Gasteiger partial charge in [-0.2, -0.15) is 0 Å². The number of furan rings is 1. The van der Waals surface area contributed by atoms with E-state index in [4.69, 9.17) is 4.42 Å². The molecular formula is C14H19NO2. The Bertz CT molecular complexity index is 371. The Hall–Kier alpha value is -1.74. The van der Waals surface area contributed by atoms with E-state index >= 15 is 0 Å². The van der Waals surface area contributed by atoms with Crippen LogP contribution in [0.5, 0.6) is 0 Å². The van der Waals surface area contributed by atoms with Crippen LogP contribution in [0, 0.1) is 0 Å². The third-order valence-corrected chi connectivity index (χ3v) is 2.34. The maximum atomic E-state index is 9.75. The summed E-state index contributed by atoms with van der Waals surface area (Å²) >= 11 is 0. The maximum Gasteiger partial charge on any atom is 0.196 e. The lowest BCUT2D eigenvalue weighted by molar-refractivity contribution is 0.154. The number of aliphatic hydroxyl groups is 1. The highest BCUT2D eigenvalue weighted by Crippen LogP contribution is 2.25. The zero-order valence-corrected chi connectivity index (χ0v) is 10.0. The maximum absolute atomic E-state index is 9.75. The average Bonchev–Trinajstić information content (AvgIpc) is 2.78. The van der Waals surface area contributed by atoms with Gasteiger partial charge >= 0.3 is 0 Å². The zero-order valence-electron chi connectivity index (χ0n) is 10.0. The van der Waals surface area contributed by atoms with Crippen LogP contribution in [0.4, 0.5) is 5.88 Å². The van der Waals surface area contributed by atoms with Crippen molar-refractivity contribution in [2.75, 3.05) is 18.0 Å². The zero-order chi connectivity index (χ0) is 12.7. The second-order valence-electron chi connectivity index (χ2n) is 3.70. The fraction of sp³-hybridized carbons (Fsp3) is 0.286. The minimum absolute atomic E-state index is 0.482. The molecule has 0 aliphatic heterocycles. The fourth-order valence-electron chi connectivity index (χ4n) is 1.53. The summed E-state index contributed by atoms with van der Waals surface area (Å²) in [4.78, 5) is 1.98. The Morgan fingerprint density at radius 2 is 1.82 bits per heavy atom. The first-order valence-electron chi connectivity index (χ1n) is 5.58. The second-order valence-corrected chi connectivity index (χ2v) is 3.70. The van der Waals surface area contributed by atoms with E-state index < -0.39 is 6.10 Å². The minimum Gasteiger partial charge on any atom is -0.443 e. The Balaban J connectivity index is 2.79. The highest BCUT2D eigenvalue weighted by Gasteiger charge is 2.13. The first-order chi connectivity index (χ1) is 8.22. The Labute approximate surface area is 102 Å². The van der Waals surface area contributed by atoms with Crippen molar-refractivity contribution >= 4 is 5.88 Å². The molecule has 1 aromatic heterocycles. The van der Waals surface area contributed by atoms with Crippen molar-refractivity contribution in [2.24, 2.45) is 0 Å². The van der Waals surface area contributed by atoms with Crippen molar-refractivity contribution in [3.63, 3.8) is 0 Å². The average molecular weight is 233 g/mol. The highest BCUT2D eigenvalue weighted by atomic mass is 16.4. The van der Waals surface area contributed by atoms with E-state index in [2.05, 4.69) is 19.7 Å². The normalized spacial score (nSPS) is 11.8. The van der Waals surface area contributed by atoms with E-state index in [-0.39, 0.29) is 0 Å². The van der Waals surface area contributed by atoms with Gasteiger partial charge < -0.3 is 14.4 Å². The van der Waals surface area contributed by atoms with Gasteiger partial charge in [0.05, 0.1) is 0 Å². The molecule has 17 heavy (non-hydrogen) atoms. The van der Waals surface area contributed by atoms with Gasteiger partial charge in [0.15, 0.2) is 5.88 Å². The Morgan fingerprint density at radius 1 is 1.18 bits per heavy atom. The first kappa shape index (κ1) is 13.3. The Morgan fingerprint density at radius 3 is 2.35 bits per heavy atom. The smallest absolute Gasteiger partial charge is 0.196 e.